The predicted molar refractivity (Wildman–Crippen MR) is 97.6 cm³/mol. The van der Waals surface area contributed by atoms with E-state index < -0.39 is 0 Å². The Kier molecular flexibility index (Phi) is 5.95. The summed E-state index contributed by atoms with van der Waals surface area (Å²) in [4.78, 5) is 12.2. The zero-order valence-electron chi connectivity index (χ0n) is 14.5. The molecule has 2 N–H and O–H groups in total. The largest absolute Gasteiger partial charge is 0.497 e. The van der Waals surface area contributed by atoms with Gasteiger partial charge in [0.2, 0.25) is 0 Å². The summed E-state index contributed by atoms with van der Waals surface area (Å²) in [5, 5.41) is 7.33. The fraction of sp³-hybridized carbons (Fsp3) is 0.263. The van der Waals surface area contributed by atoms with Crippen molar-refractivity contribution in [2.45, 2.75) is 26.8 Å². The van der Waals surface area contributed by atoms with Crippen LogP contribution in [-0.2, 0) is 4.79 Å². The van der Waals surface area contributed by atoms with E-state index in [4.69, 9.17) is 4.74 Å². The zero-order chi connectivity index (χ0) is 17.5. The number of methoxy groups -OCH3 is 1. The van der Waals surface area contributed by atoms with Crippen molar-refractivity contribution in [2.75, 3.05) is 12.4 Å². The first kappa shape index (κ1) is 17.5. The van der Waals surface area contributed by atoms with Crippen molar-refractivity contribution in [3.8, 4) is 5.75 Å². The molecule has 0 bridgehead atoms. The number of hydrogen-bond donors (Lipinski definition) is 2. The second kappa shape index (κ2) is 8.15. The number of anilines is 1. The van der Waals surface area contributed by atoms with Crippen LogP contribution in [0.5, 0.6) is 5.75 Å². The van der Waals surface area contributed by atoms with Gasteiger partial charge in [0.1, 0.15) is 11.8 Å². The number of hydrazone groups is 1. The Bertz CT molecular complexity index is 724. The minimum Gasteiger partial charge on any atom is -0.497 e. The van der Waals surface area contributed by atoms with Gasteiger partial charge in [-0.25, -0.2) is 5.43 Å². The highest BCUT2D eigenvalue weighted by atomic mass is 16.5. The minimum atomic E-state index is -0.390. The van der Waals surface area contributed by atoms with Crippen molar-refractivity contribution < 1.29 is 9.53 Å². The molecule has 0 aromatic heterocycles. The summed E-state index contributed by atoms with van der Waals surface area (Å²) in [6.07, 6.45) is 0. The Morgan fingerprint density at radius 1 is 1.17 bits per heavy atom. The third-order valence-corrected chi connectivity index (χ3v) is 3.64. The fourth-order valence-electron chi connectivity index (χ4n) is 2.18. The fourth-order valence-corrected chi connectivity index (χ4v) is 2.18. The Labute approximate surface area is 142 Å². The van der Waals surface area contributed by atoms with Gasteiger partial charge >= 0.3 is 0 Å². The van der Waals surface area contributed by atoms with Crippen LogP contribution < -0.4 is 15.5 Å². The summed E-state index contributed by atoms with van der Waals surface area (Å²) in [6, 6.07) is 15.0. The van der Waals surface area contributed by atoms with Gasteiger partial charge in [-0.1, -0.05) is 12.1 Å². The number of nitrogens with zero attached hydrogens (tertiary/aromatic N) is 1. The number of hydrogen-bond acceptors (Lipinski definition) is 4. The van der Waals surface area contributed by atoms with E-state index in [1.165, 1.54) is 0 Å². The maximum absolute atomic E-state index is 12.2. The van der Waals surface area contributed by atoms with E-state index in [2.05, 4.69) is 15.8 Å². The Hall–Kier alpha value is -2.82. The molecule has 0 aliphatic heterocycles. The van der Waals surface area contributed by atoms with E-state index in [0.29, 0.717) is 0 Å². The maximum Gasteiger partial charge on any atom is 0.262 e. The molecule has 0 radical (unpaired) electrons. The van der Waals surface area contributed by atoms with E-state index in [1.807, 2.05) is 62.4 Å². The van der Waals surface area contributed by atoms with Crippen molar-refractivity contribution in [2.24, 2.45) is 5.10 Å². The molecule has 0 unspecified atom stereocenters. The summed E-state index contributed by atoms with van der Waals surface area (Å²) in [5.41, 5.74) is 6.31. The number of rotatable bonds is 6. The van der Waals surface area contributed by atoms with Crippen LogP contribution in [0.4, 0.5) is 5.69 Å². The maximum atomic E-state index is 12.2. The first-order chi connectivity index (χ1) is 11.5. The Balaban J connectivity index is 1.95. The molecule has 2 aromatic carbocycles. The number of carbonyl (C=O) groups is 1. The van der Waals surface area contributed by atoms with Gasteiger partial charge in [0, 0.05) is 5.69 Å². The van der Waals surface area contributed by atoms with Crippen LogP contribution in [0.2, 0.25) is 0 Å². The second-order valence-electron chi connectivity index (χ2n) is 5.64. The molecule has 0 spiro atoms. The monoisotopic (exact) mass is 325 g/mol. The van der Waals surface area contributed by atoms with Crippen LogP contribution >= 0.6 is 0 Å². The Morgan fingerprint density at radius 2 is 1.88 bits per heavy atom. The predicted octanol–water partition coefficient (Wildman–Crippen LogP) is 3.34. The molecule has 24 heavy (non-hydrogen) atoms. The first-order valence-electron chi connectivity index (χ1n) is 7.81. The number of carbonyl (C=O) groups excluding carboxylic acids is 1. The number of benzene rings is 2. The smallest absolute Gasteiger partial charge is 0.262 e. The van der Waals surface area contributed by atoms with Crippen LogP contribution in [0.3, 0.4) is 0 Å². The third kappa shape index (κ3) is 4.84. The molecular formula is C19H23N3O2. The lowest BCUT2D eigenvalue weighted by Gasteiger charge is -2.14. The molecule has 0 fully saturated rings. The highest BCUT2D eigenvalue weighted by molar-refractivity contribution is 5.99. The topological polar surface area (TPSA) is 62.7 Å². The van der Waals surface area contributed by atoms with Gasteiger partial charge in [-0.15, -0.1) is 0 Å². The highest BCUT2D eigenvalue weighted by Crippen LogP contribution is 2.12. The van der Waals surface area contributed by atoms with Crippen molar-refractivity contribution in [3.63, 3.8) is 0 Å². The van der Waals surface area contributed by atoms with Crippen LogP contribution in [0, 0.1) is 6.92 Å². The van der Waals surface area contributed by atoms with Gasteiger partial charge in [0.25, 0.3) is 5.91 Å². The lowest BCUT2D eigenvalue weighted by molar-refractivity contribution is -0.121. The molecule has 1 amide bonds. The molecule has 0 heterocycles. The third-order valence-electron chi connectivity index (χ3n) is 3.64. The van der Waals surface area contributed by atoms with E-state index in [9.17, 15) is 4.79 Å². The van der Waals surface area contributed by atoms with Gasteiger partial charge in [-0.2, -0.15) is 5.10 Å². The SMILES string of the molecule is COc1ccc(C(C)=NNC(=O)[C@@H](C)Nc2cccc(C)c2)cc1. The van der Waals surface area contributed by atoms with Crippen molar-refractivity contribution >= 4 is 17.3 Å². The molecule has 1 atom stereocenters. The number of nitrogens with one attached hydrogen (secondary N) is 2. The van der Waals surface area contributed by atoms with Crippen molar-refractivity contribution in [1.29, 1.82) is 0 Å². The first-order valence-corrected chi connectivity index (χ1v) is 7.81. The molecule has 5 heteroatoms. The van der Waals surface area contributed by atoms with E-state index in [0.717, 1.165) is 28.3 Å². The van der Waals surface area contributed by atoms with E-state index >= 15 is 0 Å². The zero-order valence-corrected chi connectivity index (χ0v) is 14.5. The van der Waals surface area contributed by atoms with Gasteiger partial charge in [-0.3, -0.25) is 4.79 Å². The average molecular weight is 325 g/mol. The minimum absolute atomic E-state index is 0.190. The molecule has 2 rings (SSSR count). The number of aryl methyl sites for hydroxylation is 1. The highest BCUT2D eigenvalue weighted by Gasteiger charge is 2.12. The van der Waals surface area contributed by atoms with Crippen molar-refractivity contribution in [1.82, 2.24) is 5.43 Å². The average Bonchev–Trinajstić information content (AvgIpc) is 2.59. The van der Waals surface area contributed by atoms with Crippen LogP contribution in [0.15, 0.2) is 53.6 Å². The van der Waals surface area contributed by atoms with Gasteiger partial charge in [-0.05, 0) is 68.3 Å². The van der Waals surface area contributed by atoms with Crippen LogP contribution in [0.25, 0.3) is 0 Å². The summed E-state index contributed by atoms with van der Waals surface area (Å²) in [7, 11) is 1.62. The molecule has 0 saturated carbocycles. The lowest BCUT2D eigenvalue weighted by atomic mass is 10.1. The number of amides is 1. The molecule has 126 valence electrons. The van der Waals surface area contributed by atoms with Crippen molar-refractivity contribution in [3.05, 3.63) is 59.7 Å². The summed E-state index contributed by atoms with van der Waals surface area (Å²) < 4.78 is 5.13. The molecule has 2 aromatic rings. The second-order valence-corrected chi connectivity index (χ2v) is 5.64. The standard InChI is InChI=1S/C19H23N3O2/c1-13-6-5-7-17(12-13)20-15(3)19(23)22-21-14(2)16-8-10-18(24-4)11-9-16/h5-12,15,20H,1-4H3,(H,22,23)/t15-/m1/s1. The van der Waals surface area contributed by atoms with E-state index in [1.54, 1.807) is 14.0 Å². The molecule has 5 nitrogen and oxygen atoms in total. The van der Waals surface area contributed by atoms with Crippen LogP contribution in [0.1, 0.15) is 25.0 Å². The summed E-state index contributed by atoms with van der Waals surface area (Å²) in [6.45, 7) is 5.66. The normalized spacial score (nSPS) is 12.4. The van der Waals surface area contributed by atoms with E-state index in [-0.39, 0.29) is 11.9 Å². The quantitative estimate of drug-likeness (QED) is 0.632. The Morgan fingerprint density at radius 3 is 2.50 bits per heavy atom. The summed E-state index contributed by atoms with van der Waals surface area (Å²) >= 11 is 0. The lowest BCUT2D eigenvalue weighted by Crippen LogP contribution is -2.35. The molecule has 0 aliphatic carbocycles. The molecule has 0 saturated heterocycles. The van der Waals surface area contributed by atoms with Gasteiger partial charge < -0.3 is 10.1 Å². The van der Waals surface area contributed by atoms with Crippen LogP contribution in [-0.4, -0.2) is 24.8 Å². The number of ether oxygens (including phenoxy) is 1. The van der Waals surface area contributed by atoms with Gasteiger partial charge in [0.15, 0.2) is 0 Å². The molecular weight excluding hydrogens is 302 g/mol. The summed E-state index contributed by atoms with van der Waals surface area (Å²) in [5.74, 6) is 0.593. The van der Waals surface area contributed by atoms with Gasteiger partial charge in [0.05, 0.1) is 12.8 Å². The molecule has 0 aliphatic rings.